The normalized spacial score (nSPS) is 13.1. The van der Waals surface area contributed by atoms with Crippen LogP contribution in [-0.2, 0) is 5.41 Å². The van der Waals surface area contributed by atoms with Gasteiger partial charge in [0, 0.05) is 12.4 Å². The van der Waals surface area contributed by atoms with Gasteiger partial charge in [0.25, 0.3) is 0 Å². The van der Waals surface area contributed by atoms with Gasteiger partial charge in [0.2, 0.25) is 4.80 Å². The lowest BCUT2D eigenvalue weighted by atomic mass is 9.87. The van der Waals surface area contributed by atoms with Crippen molar-refractivity contribution in [3.8, 4) is 11.5 Å². The minimum absolute atomic E-state index is 0.151. The molecule has 3 aromatic rings. The molecule has 0 aliphatic carbocycles. The van der Waals surface area contributed by atoms with Crippen LogP contribution in [0.3, 0.4) is 0 Å². The van der Waals surface area contributed by atoms with Gasteiger partial charge in [0.05, 0.1) is 12.5 Å². The quantitative estimate of drug-likeness (QED) is 0.647. The van der Waals surface area contributed by atoms with Gasteiger partial charge >= 0.3 is 0 Å². The average molecular weight is 339 g/mol. The molecule has 0 fully saturated rings. The molecule has 2 aromatic heterocycles. The van der Waals surface area contributed by atoms with E-state index in [0.29, 0.717) is 0 Å². The summed E-state index contributed by atoms with van der Waals surface area (Å²) in [5, 5.41) is 6.60. The van der Waals surface area contributed by atoms with E-state index in [1.807, 2.05) is 23.7 Å². The van der Waals surface area contributed by atoms with Crippen molar-refractivity contribution in [3.63, 3.8) is 0 Å². The fraction of sp³-hybridized carbons (Fsp3) is 0.263. The molecule has 0 atom stereocenters. The predicted molar refractivity (Wildman–Crippen MR) is 99.6 cm³/mol. The number of furan rings is 1. The predicted octanol–water partition coefficient (Wildman–Crippen LogP) is 4.52. The first-order valence-corrected chi connectivity index (χ1v) is 8.69. The third-order valence-electron chi connectivity index (χ3n) is 3.75. The molecule has 0 radical (unpaired) electrons. The van der Waals surface area contributed by atoms with Gasteiger partial charge in [-0.3, -0.25) is 4.99 Å². The Morgan fingerprint density at radius 2 is 1.88 bits per heavy atom. The first kappa shape index (κ1) is 16.5. The summed E-state index contributed by atoms with van der Waals surface area (Å²) in [6.07, 6.45) is 3.51. The van der Waals surface area contributed by atoms with E-state index in [9.17, 15) is 0 Å². The number of rotatable bonds is 3. The first-order valence-electron chi connectivity index (χ1n) is 7.81. The zero-order chi connectivity index (χ0) is 17.2. The maximum absolute atomic E-state index is 5.49. The lowest BCUT2D eigenvalue weighted by Crippen LogP contribution is -2.12. The molecule has 24 heavy (non-hydrogen) atoms. The highest BCUT2D eigenvalue weighted by Crippen LogP contribution is 2.22. The van der Waals surface area contributed by atoms with Crippen LogP contribution in [0.2, 0.25) is 0 Å². The molecule has 0 saturated heterocycles. The molecule has 1 aromatic carbocycles. The lowest BCUT2D eigenvalue weighted by Gasteiger charge is -2.18. The van der Waals surface area contributed by atoms with Gasteiger partial charge in [-0.2, -0.15) is 5.10 Å². The maximum Gasteiger partial charge on any atom is 0.206 e. The summed E-state index contributed by atoms with van der Waals surface area (Å²) in [5.41, 5.74) is 3.41. The summed E-state index contributed by atoms with van der Waals surface area (Å²) in [5.74, 6) is 0.779. The number of nitrogens with zero attached hydrogens (tertiary/aromatic N) is 3. The topological polar surface area (TPSA) is 42.8 Å². The van der Waals surface area contributed by atoms with Crippen LogP contribution in [0.4, 0.5) is 0 Å². The van der Waals surface area contributed by atoms with E-state index in [-0.39, 0.29) is 5.41 Å². The van der Waals surface area contributed by atoms with Crippen LogP contribution in [-0.4, -0.2) is 17.9 Å². The Hall–Kier alpha value is -2.40. The summed E-state index contributed by atoms with van der Waals surface area (Å²) in [4.78, 5) is 5.11. The van der Waals surface area contributed by atoms with Gasteiger partial charge in [-0.25, -0.2) is 4.68 Å². The molecular weight excluding hydrogens is 318 g/mol. The minimum atomic E-state index is 0.151. The minimum Gasteiger partial charge on any atom is -0.463 e. The van der Waals surface area contributed by atoms with Crippen molar-refractivity contribution in [2.75, 3.05) is 7.05 Å². The van der Waals surface area contributed by atoms with E-state index in [1.165, 1.54) is 16.9 Å². The summed E-state index contributed by atoms with van der Waals surface area (Å²) in [6, 6.07) is 12.3. The molecule has 4 nitrogen and oxygen atoms in total. The van der Waals surface area contributed by atoms with Crippen molar-refractivity contribution in [3.05, 3.63) is 64.0 Å². The van der Waals surface area contributed by atoms with Crippen LogP contribution >= 0.6 is 11.3 Å². The molecule has 0 amide bonds. The molecule has 2 heterocycles. The van der Waals surface area contributed by atoms with Crippen molar-refractivity contribution in [1.29, 1.82) is 0 Å². The zero-order valence-electron chi connectivity index (χ0n) is 14.4. The van der Waals surface area contributed by atoms with Crippen LogP contribution in [0, 0.1) is 0 Å². The standard InChI is InChI=1S/C19H21N3OS/c1-19(2,3)15-9-7-14(8-10-15)12-21-22-16(13-24-18(22)20-4)17-6-5-11-23-17/h5-13H,1-4H3. The Balaban J connectivity index is 1.94. The number of hydrogen-bond donors (Lipinski definition) is 0. The summed E-state index contributed by atoms with van der Waals surface area (Å²) < 4.78 is 7.30. The van der Waals surface area contributed by atoms with Crippen molar-refractivity contribution in [1.82, 2.24) is 4.68 Å². The van der Waals surface area contributed by atoms with E-state index in [4.69, 9.17) is 4.42 Å². The van der Waals surface area contributed by atoms with E-state index in [1.54, 1.807) is 18.0 Å². The summed E-state index contributed by atoms with van der Waals surface area (Å²) in [6.45, 7) is 6.63. The highest BCUT2D eigenvalue weighted by molar-refractivity contribution is 7.07. The van der Waals surface area contributed by atoms with Crippen LogP contribution in [0.5, 0.6) is 0 Å². The van der Waals surface area contributed by atoms with Gasteiger partial charge < -0.3 is 4.42 Å². The third-order valence-corrected chi connectivity index (χ3v) is 4.66. The molecule has 5 heteroatoms. The molecule has 0 saturated carbocycles. The maximum atomic E-state index is 5.49. The Bertz CT molecular complexity index is 891. The summed E-state index contributed by atoms with van der Waals surface area (Å²) >= 11 is 1.54. The second kappa shape index (κ2) is 6.61. The van der Waals surface area contributed by atoms with Gasteiger partial charge in [-0.1, -0.05) is 45.0 Å². The highest BCUT2D eigenvalue weighted by atomic mass is 32.1. The van der Waals surface area contributed by atoms with Crippen LogP contribution < -0.4 is 4.80 Å². The Kier molecular flexibility index (Phi) is 4.53. The number of hydrogen-bond acceptors (Lipinski definition) is 4. The lowest BCUT2D eigenvalue weighted by molar-refractivity contribution is 0.575. The first-order chi connectivity index (χ1) is 11.5. The van der Waals surface area contributed by atoms with E-state index in [2.05, 4.69) is 55.1 Å². The number of thiazole rings is 1. The Labute approximate surface area is 145 Å². The van der Waals surface area contributed by atoms with Gasteiger partial charge in [0.1, 0.15) is 5.69 Å². The van der Waals surface area contributed by atoms with Gasteiger partial charge in [0.15, 0.2) is 5.76 Å². The molecule has 0 aliphatic rings. The Morgan fingerprint density at radius 1 is 1.12 bits per heavy atom. The van der Waals surface area contributed by atoms with Crippen LogP contribution in [0.25, 0.3) is 11.5 Å². The van der Waals surface area contributed by atoms with E-state index >= 15 is 0 Å². The largest absolute Gasteiger partial charge is 0.463 e. The molecule has 0 N–H and O–H groups in total. The van der Waals surface area contributed by atoms with Crippen molar-refractivity contribution < 1.29 is 4.42 Å². The van der Waals surface area contributed by atoms with E-state index < -0.39 is 0 Å². The molecular formula is C19H21N3OS. The Morgan fingerprint density at radius 3 is 2.46 bits per heavy atom. The average Bonchev–Trinajstić information content (AvgIpc) is 3.21. The summed E-state index contributed by atoms with van der Waals surface area (Å²) in [7, 11) is 1.77. The molecule has 0 bridgehead atoms. The molecule has 0 spiro atoms. The third kappa shape index (κ3) is 3.41. The second-order valence-electron chi connectivity index (χ2n) is 6.53. The number of aromatic nitrogens is 1. The van der Waals surface area contributed by atoms with Crippen LogP contribution in [0.15, 0.2) is 62.6 Å². The fourth-order valence-corrected chi connectivity index (χ4v) is 3.13. The highest BCUT2D eigenvalue weighted by Gasteiger charge is 2.12. The van der Waals surface area contributed by atoms with E-state index in [0.717, 1.165) is 21.8 Å². The van der Waals surface area contributed by atoms with Crippen molar-refractivity contribution in [2.24, 2.45) is 10.1 Å². The molecule has 3 rings (SSSR count). The van der Waals surface area contributed by atoms with Crippen molar-refractivity contribution >= 4 is 17.6 Å². The number of benzene rings is 1. The second-order valence-corrected chi connectivity index (χ2v) is 7.37. The van der Waals surface area contributed by atoms with Gasteiger partial charge in [-0.15, -0.1) is 11.3 Å². The van der Waals surface area contributed by atoms with Crippen LogP contribution in [0.1, 0.15) is 31.9 Å². The monoisotopic (exact) mass is 339 g/mol. The van der Waals surface area contributed by atoms with Crippen molar-refractivity contribution in [2.45, 2.75) is 26.2 Å². The van der Waals surface area contributed by atoms with Gasteiger partial charge in [-0.05, 0) is 28.7 Å². The SMILES string of the molecule is CN=c1scc(-c2ccco2)n1N=Cc1ccc(C(C)(C)C)cc1. The molecule has 0 aliphatic heterocycles. The molecule has 124 valence electrons. The zero-order valence-corrected chi connectivity index (χ0v) is 15.2. The molecule has 0 unspecified atom stereocenters. The fourth-order valence-electron chi connectivity index (χ4n) is 2.35. The smallest absolute Gasteiger partial charge is 0.206 e.